The Kier molecular flexibility index (Phi) is 3.70. The summed E-state index contributed by atoms with van der Waals surface area (Å²) in [5.41, 5.74) is 0. The van der Waals surface area contributed by atoms with E-state index in [2.05, 4.69) is 15.5 Å². The number of nitrogens with one attached hydrogen (secondary N) is 1. The highest BCUT2D eigenvalue weighted by Crippen LogP contribution is 2.17. The van der Waals surface area contributed by atoms with Gasteiger partial charge in [0.15, 0.2) is 0 Å². The zero-order valence-electron chi connectivity index (χ0n) is 9.22. The summed E-state index contributed by atoms with van der Waals surface area (Å²) in [5, 5.41) is 20.0. The molecule has 1 saturated heterocycles. The van der Waals surface area contributed by atoms with Crippen molar-refractivity contribution in [2.75, 3.05) is 38.3 Å². The molecule has 0 amide bonds. The first-order chi connectivity index (χ1) is 7.85. The van der Waals surface area contributed by atoms with E-state index in [1.54, 1.807) is 0 Å². The molecule has 1 aliphatic heterocycles. The molecule has 0 aromatic carbocycles. The first kappa shape index (κ1) is 11.3. The van der Waals surface area contributed by atoms with Crippen LogP contribution in [0, 0.1) is 0 Å². The summed E-state index contributed by atoms with van der Waals surface area (Å²) in [6.07, 6.45) is 0. The second-order valence-corrected chi connectivity index (χ2v) is 3.61. The number of aliphatic hydroxyl groups is 1. The zero-order chi connectivity index (χ0) is 11.4. The minimum Gasteiger partial charge on any atom is -0.407 e. The molecule has 7 nitrogen and oxygen atoms in total. The topological polar surface area (TPSA) is 83.7 Å². The van der Waals surface area contributed by atoms with Crippen molar-refractivity contribution < 1.29 is 14.3 Å². The van der Waals surface area contributed by atoms with Gasteiger partial charge < -0.3 is 24.5 Å². The molecule has 2 heterocycles. The molecule has 2 N–H and O–H groups in total. The number of aromatic nitrogens is 2. The first-order valence-corrected chi connectivity index (χ1v) is 5.27. The number of nitrogens with zero attached hydrogens (tertiary/aromatic N) is 3. The highest BCUT2D eigenvalue weighted by molar-refractivity contribution is 5.27. The minimum absolute atomic E-state index is 0.0176. The van der Waals surface area contributed by atoms with Gasteiger partial charge in [-0.25, -0.2) is 0 Å². The van der Waals surface area contributed by atoms with Crippen molar-refractivity contribution in [1.29, 1.82) is 0 Å². The number of aliphatic hydroxyl groups excluding tert-OH is 1. The number of rotatable bonds is 4. The van der Waals surface area contributed by atoms with Crippen LogP contribution in [-0.4, -0.2) is 54.8 Å². The fourth-order valence-corrected chi connectivity index (χ4v) is 1.64. The van der Waals surface area contributed by atoms with Crippen LogP contribution >= 0.6 is 0 Å². The van der Waals surface area contributed by atoms with Crippen molar-refractivity contribution in [3.63, 3.8) is 0 Å². The zero-order valence-corrected chi connectivity index (χ0v) is 9.22. The summed E-state index contributed by atoms with van der Waals surface area (Å²) in [6.45, 7) is 2.32. The molecule has 0 spiro atoms. The van der Waals surface area contributed by atoms with E-state index in [0.29, 0.717) is 38.2 Å². The second kappa shape index (κ2) is 5.24. The SMILES string of the molecule is CNCc1nnc(N2CCOCC2CO)o1. The minimum atomic E-state index is -0.100. The third-order valence-corrected chi connectivity index (χ3v) is 2.47. The van der Waals surface area contributed by atoms with Crippen LogP contribution in [0.3, 0.4) is 0 Å². The van der Waals surface area contributed by atoms with Crippen molar-refractivity contribution in [3.8, 4) is 0 Å². The van der Waals surface area contributed by atoms with Crippen LogP contribution in [0.25, 0.3) is 0 Å². The molecule has 1 aliphatic rings. The smallest absolute Gasteiger partial charge is 0.318 e. The maximum absolute atomic E-state index is 9.21. The van der Waals surface area contributed by atoms with Crippen molar-refractivity contribution >= 4 is 6.01 Å². The van der Waals surface area contributed by atoms with Gasteiger partial charge in [-0.2, -0.15) is 0 Å². The van der Waals surface area contributed by atoms with Gasteiger partial charge in [-0.05, 0) is 7.05 Å². The van der Waals surface area contributed by atoms with E-state index in [0.717, 1.165) is 0 Å². The van der Waals surface area contributed by atoms with Gasteiger partial charge in [-0.1, -0.05) is 5.10 Å². The average molecular weight is 228 g/mol. The van der Waals surface area contributed by atoms with E-state index >= 15 is 0 Å². The van der Waals surface area contributed by atoms with Crippen LogP contribution in [0.1, 0.15) is 5.89 Å². The van der Waals surface area contributed by atoms with Gasteiger partial charge >= 0.3 is 6.01 Å². The maximum atomic E-state index is 9.21. The Hall–Kier alpha value is -1.18. The predicted octanol–water partition coefficient (Wildman–Crippen LogP) is -1.01. The van der Waals surface area contributed by atoms with Crippen LogP contribution in [0.2, 0.25) is 0 Å². The third kappa shape index (κ3) is 2.31. The normalized spacial score (nSPS) is 21.4. The molecule has 1 unspecified atom stereocenters. The third-order valence-electron chi connectivity index (χ3n) is 2.47. The van der Waals surface area contributed by atoms with Crippen molar-refractivity contribution in [2.45, 2.75) is 12.6 Å². The molecular weight excluding hydrogens is 212 g/mol. The quantitative estimate of drug-likeness (QED) is 0.682. The Morgan fingerprint density at radius 1 is 1.56 bits per heavy atom. The lowest BCUT2D eigenvalue weighted by molar-refractivity contribution is 0.0697. The van der Waals surface area contributed by atoms with E-state index in [-0.39, 0.29) is 12.6 Å². The molecule has 0 aliphatic carbocycles. The molecule has 0 saturated carbocycles. The van der Waals surface area contributed by atoms with Crippen LogP contribution in [0.15, 0.2) is 4.42 Å². The van der Waals surface area contributed by atoms with Crippen molar-refractivity contribution in [2.24, 2.45) is 0 Å². The van der Waals surface area contributed by atoms with E-state index < -0.39 is 0 Å². The monoisotopic (exact) mass is 228 g/mol. The lowest BCUT2D eigenvalue weighted by Gasteiger charge is -2.32. The average Bonchev–Trinajstić information content (AvgIpc) is 2.78. The Balaban J connectivity index is 2.08. The molecule has 0 bridgehead atoms. The highest BCUT2D eigenvalue weighted by Gasteiger charge is 2.26. The largest absolute Gasteiger partial charge is 0.407 e. The second-order valence-electron chi connectivity index (χ2n) is 3.61. The van der Waals surface area contributed by atoms with E-state index in [4.69, 9.17) is 9.15 Å². The molecule has 1 aromatic heterocycles. The first-order valence-electron chi connectivity index (χ1n) is 5.27. The summed E-state index contributed by atoms with van der Waals surface area (Å²) in [7, 11) is 1.81. The summed E-state index contributed by atoms with van der Waals surface area (Å²) >= 11 is 0. The molecule has 1 aromatic rings. The Bertz CT molecular complexity index is 330. The summed E-state index contributed by atoms with van der Waals surface area (Å²) in [6, 6.07) is 0.351. The summed E-state index contributed by atoms with van der Waals surface area (Å²) in [4.78, 5) is 1.88. The number of morpholine rings is 1. The fourth-order valence-electron chi connectivity index (χ4n) is 1.64. The van der Waals surface area contributed by atoms with Crippen LogP contribution in [0.4, 0.5) is 6.01 Å². The summed E-state index contributed by atoms with van der Waals surface area (Å²) < 4.78 is 10.7. The van der Waals surface area contributed by atoms with Gasteiger partial charge in [0.05, 0.1) is 32.4 Å². The molecule has 1 atom stereocenters. The molecule has 1 fully saturated rings. The molecule has 7 heteroatoms. The van der Waals surface area contributed by atoms with E-state index in [1.165, 1.54) is 0 Å². The van der Waals surface area contributed by atoms with E-state index in [9.17, 15) is 5.11 Å². The van der Waals surface area contributed by atoms with Gasteiger partial charge in [-0.15, -0.1) is 5.10 Å². The van der Waals surface area contributed by atoms with Gasteiger partial charge in [-0.3, -0.25) is 0 Å². The lowest BCUT2D eigenvalue weighted by Crippen LogP contribution is -2.47. The Morgan fingerprint density at radius 2 is 2.44 bits per heavy atom. The van der Waals surface area contributed by atoms with Crippen LogP contribution in [-0.2, 0) is 11.3 Å². The summed E-state index contributed by atoms with van der Waals surface area (Å²) in [5.74, 6) is 0.542. The number of anilines is 1. The molecular formula is C9H16N4O3. The molecule has 2 rings (SSSR count). The van der Waals surface area contributed by atoms with Gasteiger partial charge in [0.1, 0.15) is 0 Å². The number of hydrogen-bond acceptors (Lipinski definition) is 7. The Morgan fingerprint density at radius 3 is 3.19 bits per heavy atom. The van der Waals surface area contributed by atoms with Gasteiger partial charge in [0, 0.05) is 6.54 Å². The van der Waals surface area contributed by atoms with Crippen molar-refractivity contribution in [3.05, 3.63) is 5.89 Å². The number of hydrogen-bond donors (Lipinski definition) is 2. The molecule has 16 heavy (non-hydrogen) atoms. The van der Waals surface area contributed by atoms with E-state index in [1.807, 2.05) is 11.9 Å². The van der Waals surface area contributed by atoms with Crippen LogP contribution in [0.5, 0.6) is 0 Å². The van der Waals surface area contributed by atoms with Crippen LogP contribution < -0.4 is 10.2 Å². The predicted molar refractivity (Wildman–Crippen MR) is 56.1 cm³/mol. The van der Waals surface area contributed by atoms with Gasteiger partial charge in [0.2, 0.25) is 5.89 Å². The number of ether oxygens (including phenoxy) is 1. The maximum Gasteiger partial charge on any atom is 0.318 e. The molecule has 0 radical (unpaired) electrons. The fraction of sp³-hybridized carbons (Fsp3) is 0.778. The van der Waals surface area contributed by atoms with Crippen molar-refractivity contribution in [1.82, 2.24) is 15.5 Å². The van der Waals surface area contributed by atoms with Gasteiger partial charge in [0.25, 0.3) is 0 Å². The Labute approximate surface area is 93.4 Å². The molecule has 90 valence electrons. The standard InChI is InChI=1S/C9H16N4O3/c1-10-4-8-11-12-9(16-8)13-2-3-15-6-7(13)5-14/h7,10,14H,2-6H2,1H3. The lowest BCUT2D eigenvalue weighted by atomic mass is 10.2. The highest BCUT2D eigenvalue weighted by atomic mass is 16.5.